The molecular formula is C50H32N4O. The van der Waals surface area contributed by atoms with E-state index in [-0.39, 0.29) is 0 Å². The molecule has 0 saturated carbocycles. The maximum atomic E-state index is 6.33. The fourth-order valence-electron chi connectivity index (χ4n) is 7.25. The average Bonchev–Trinajstić information content (AvgIpc) is 3.65. The van der Waals surface area contributed by atoms with E-state index in [9.17, 15) is 0 Å². The van der Waals surface area contributed by atoms with Crippen LogP contribution in [0.25, 0.3) is 101 Å². The molecule has 55 heavy (non-hydrogen) atoms. The normalized spacial score (nSPS) is 11.3. The van der Waals surface area contributed by atoms with Crippen LogP contribution < -0.4 is 0 Å². The Hall–Kier alpha value is -7.50. The lowest BCUT2D eigenvalue weighted by molar-refractivity contribution is 0.669. The van der Waals surface area contributed by atoms with Gasteiger partial charge in [0.1, 0.15) is 11.2 Å². The number of nitrogens with zero attached hydrogens (tertiary/aromatic N) is 4. The van der Waals surface area contributed by atoms with E-state index in [2.05, 4.69) is 119 Å². The Balaban J connectivity index is 1.19. The van der Waals surface area contributed by atoms with Gasteiger partial charge in [0.2, 0.25) is 0 Å². The van der Waals surface area contributed by atoms with Crippen LogP contribution in [-0.2, 0) is 0 Å². The molecule has 4 aromatic heterocycles. The van der Waals surface area contributed by atoms with Gasteiger partial charge in [-0.3, -0.25) is 9.97 Å². The second kappa shape index (κ2) is 13.8. The van der Waals surface area contributed by atoms with Crippen LogP contribution in [0.4, 0.5) is 0 Å². The summed E-state index contributed by atoms with van der Waals surface area (Å²) in [6.45, 7) is 0. The number of furan rings is 1. The number of pyridine rings is 2. The molecule has 0 unspecified atom stereocenters. The van der Waals surface area contributed by atoms with Crippen LogP contribution >= 0.6 is 0 Å². The Labute approximate surface area is 318 Å². The van der Waals surface area contributed by atoms with E-state index in [1.165, 1.54) is 0 Å². The zero-order chi connectivity index (χ0) is 36.6. The van der Waals surface area contributed by atoms with Crippen LogP contribution in [-0.4, -0.2) is 19.9 Å². The minimum absolute atomic E-state index is 0.613. The molecule has 10 aromatic rings. The molecule has 0 spiro atoms. The van der Waals surface area contributed by atoms with Crippen molar-refractivity contribution in [3.63, 3.8) is 0 Å². The molecule has 5 nitrogen and oxygen atoms in total. The lowest BCUT2D eigenvalue weighted by Crippen LogP contribution is -1.98. The Kier molecular flexibility index (Phi) is 8.08. The third-order valence-electron chi connectivity index (χ3n) is 9.96. The molecular weight excluding hydrogens is 673 g/mol. The molecule has 0 aliphatic carbocycles. The van der Waals surface area contributed by atoms with Gasteiger partial charge < -0.3 is 4.42 Å². The predicted molar refractivity (Wildman–Crippen MR) is 223 cm³/mol. The maximum Gasteiger partial charge on any atom is 0.160 e. The van der Waals surface area contributed by atoms with Crippen LogP contribution in [0.1, 0.15) is 0 Å². The highest BCUT2D eigenvalue weighted by atomic mass is 16.3. The highest BCUT2D eigenvalue weighted by molar-refractivity contribution is 6.06. The van der Waals surface area contributed by atoms with Gasteiger partial charge in [-0.1, -0.05) is 97.1 Å². The summed E-state index contributed by atoms with van der Waals surface area (Å²) < 4.78 is 6.33. The predicted octanol–water partition coefficient (Wildman–Crippen LogP) is 12.8. The quantitative estimate of drug-likeness (QED) is 0.165. The monoisotopic (exact) mass is 704 g/mol. The topological polar surface area (TPSA) is 64.7 Å². The van der Waals surface area contributed by atoms with Gasteiger partial charge in [-0.25, -0.2) is 9.97 Å². The molecule has 0 radical (unpaired) electrons. The molecule has 4 heterocycles. The van der Waals surface area contributed by atoms with Crippen LogP contribution in [0.2, 0.25) is 0 Å². The zero-order valence-corrected chi connectivity index (χ0v) is 29.7. The summed E-state index contributed by atoms with van der Waals surface area (Å²) in [5.41, 5.74) is 14.2. The molecule has 0 N–H and O–H groups in total. The van der Waals surface area contributed by atoms with Crippen molar-refractivity contribution in [1.29, 1.82) is 0 Å². The molecule has 6 aromatic carbocycles. The first-order valence-electron chi connectivity index (χ1n) is 18.3. The van der Waals surface area contributed by atoms with E-state index < -0.39 is 0 Å². The van der Waals surface area contributed by atoms with E-state index in [1.807, 2.05) is 85.2 Å². The number of hydrogen-bond acceptors (Lipinski definition) is 5. The number of hydrogen-bond donors (Lipinski definition) is 0. The molecule has 5 heteroatoms. The third-order valence-corrected chi connectivity index (χ3v) is 9.96. The Morgan fingerprint density at radius 1 is 0.291 bits per heavy atom. The average molecular weight is 705 g/mol. The van der Waals surface area contributed by atoms with Gasteiger partial charge in [0, 0.05) is 51.0 Å². The number of rotatable bonds is 7. The molecule has 0 aliphatic heterocycles. The summed E-state index contributed by atoms with van der Waals surface area (Å²) in [4.78, 5) is 19.9. The summed E-state index contributed by atoms with van der Waals surface area (Å²) in [5, 5.41) is 2.22. The van der Waals surface area contributed by atoms with Crippen LogP contribution in [0.5, 0.6) is 0 Å². The van der Waals surface area contributed by atoms with Crippen molar-refractivity contribution in [3.05, 3.63) is 194 Å². The molecule has 0 aliphatic rings. The van der Waals surface area contributed by atoms with Gasteiger partial charge in [0.25, 0.3) is 0 Å². The number of benzene rings is 6. The molecule has 0 atom stereocenters. The second-order valence-electron chi connectivity index (χ2n) is 13.5. The lowest BCUT2D eigenvalue weighted by atomic mass is 9.94. The van der Waals surface area contributed by atoms with Crippen LogP contribution in [0, 0.1) is 0 Å². The second-order valence-corrected chi connectivity index (χ2v) is 13.5. The smallest absolute Gasteiger partial charge is 0.160 e. The number of aromatic nitrogens is 4. The largest absolute Gasteiger partial charge is 0.456 e. The van der Waals surface area contributed by atoms with Crippen molar-refractivity contribution in [2.24, 2.45) is 0 Å². The van der Waals surface area contributed by atoms with E-state index in [0.717, 1.165) is 94.8 Å². The maximum absolute atomic E-state index is 6.33. The molecule has 0 fully saturated rings. The summed E-state index contributed by atoms with van der Waals surface area (Å²) in [7, 11) is 0. The van der Waals surface area contributed by atoms with Gasteiger partial charge in [0.15, 0.2) is 5.82 Å². The molecule has 0 bridgehead atoms. The van der Waals surface area contributed by atoms with Crippen molar-refractivity contribution < 1.29 is 4.42 Å². The van der Waals surface area contributed by atoms with Gasteiger partial charge in [-0.15, -0.1) is 0 Å². The fraction of sp³-hybridized carbons (Fsp3) is 0. The van der Waals surface area contributed by atoms with Gasteiger partial charge in [-0.05, 0) is 107 Å². The molecule has 258 valence electrons. The molecule has 0 saturated heterocycles. The Morgan fingerprint density at radius 3 is 1.47 bits per heavy atom. The van der Waals surface area contributed by atoms with E-state index in [4.69, 9.17) is 14.4 Å². The minimum atomic E-state index is 0.613. The summed E-state index contributed by atoms with van der Waals surface area (Å²) in [6, 6.07) is 62.5. The van der Waals surface area contributed by atoms with Crippen molar-refractivity contribution in [3.8, 4) is 78.7 Å². The van der Waals surface area contributed by atoms with Crippen molar-refractivity contribution in [2.75, 3.05) is 0 Å². The van der Waals surface area contributed by atoms with Crippen molar-refractivity contribution >= 4 is 21.9 Å². The van der Waals surface area contributed by atoms with E-state index in [1.54, 1.807) is 0 Å². The first-order valence-corrected chi connectivity index (χ1v) is 18.3. The Bertz CT molecular complexity index is 2900. The van der Waals surface area contributed by atoms with E-state index >= 15 is 0 Å². The fourth-order valence-corrected chi connectivity index (χ4v) is 7.25. The highest BCUT2D eigenvalue weighted by Crippen LogP contribution is 2.38. The van der Waals surface area contributed by atoms with Crippen molar-refractivity contribution in [2.45, 2.75) is 0 Å². The first-order chi connectivity index (χ1) is 27.2. The summed E-state index contributed by atoms with van der Waals surface area (Å²) in [6.07, 6.45) is 3.63. The molecule has 0 amide bonds. The highest BCUT2D eigenvalue weighted by Gasteiger charge is 2.17. The third kappa shape index (κ3) is 6.34. The SMILES string of the molecule is c1ccc(-c2cc(-c3ccc4c(c3)oc3ccccc34)cc(-c3cc(-c4ccccc4)nc(-c4cc(-c5ccccn5)cc(-c5ccccn5)c4)n3)c2)cc1. The van der Waals surface area contributed by atoms with Gasteiger partial charge >= 0.3 is 0 Å². The number of fused-ring (bicyclic) bond motifs is 3. The van der Waals surface area contributed by atoms with Gasteiger partial charge in [0.05, 0.1) is 22.8 Å². The summed E-state index contributed by atoms with van der Waals surface area (Å²) in [5.74, 6) is 0.613. The van der Waals surface area contributed by atoms with Crippen LogP contribution in [0.3, 0.4) is 0 Å². The molecule has 10 rings (SSSR count). The summed E-state index contributed by atoms with van der Waals surface area (Å²) >= 11 is 0. The van der Waals surface area contributed by atoms with Gasteiger partial charge in [-0.2, -0.15) is 0 Å². The zero-order valence-electron chi connectivity index (χ0n) is 29.7. The Morgan fingerprint density at radius 2 is 0.800 bits per heavy atom. The van der Waals surface area contributed by atoms with Crippen molar-refractivity contribution in [1.82, 2.24) is 19.9 Å². The lowest BCUT2D eigenvalue weighted by Gasteiger charge is -2.14. The van der Waals surface area contributed by atoms with E-state index in [0.29, 0.717) is 5.82 Å². The number of para-hydroxylation sites is 1. The first kappa shape index (κ1) is 32.2. The van der Waals surface area contributed by atoms with Crippen LogP contribution in [0.15, 0.2) is 199 Å². The minimum Gasteiger partial charge on any atom is -0.456 e. The standard InChI is InChI=1S/C50H32N4O/c1-3-13-33(14-4-1)36-25-37(35-21-22-43-42-17-7-8-20-48(42)55-49(43)31-35)27-40(26-36)47-32-46(34-15-5-2-6-16-34)53-50(54-47)41-29-38(44-18-9-11-23-51-44)28-39(30-41)45-19-10-12-24-52-45/h1-32H.